The number of primary amides is 1. The molecule has 4 aromatic rings. The first-order chi connectivity index (χ1) is 17.7. The lowest BCUT2D eigenvalue weighted by Crippen LogP contribution is -2.26. The number of anilines is 2. The number of aryl methyl sites for hydroxylation is 2. The van der Waals surface area contributed by atoms with Gasteiger partial charge in [0.25, 0.3) is 5.91 Å². The summed E-state index contributed by atoms with van der Waals surface area (Å²) in [7, 11) is 0. The third-order valence-corrected chi connectivity index (χ3v) is 7.09. The molecule has 1 amide bonds. The molecule has 0 aliphatic carbocycles. The average Bonchev–Trinajstić information content (AvgIpc) is 3.18. The molecule has 3 aromatic carbocycles. The largest absolute Gasteiger partial charge is 0.457 e. The van der Waals surface area contributed by atoms with Crippen LogP contribution in [0.3, 0.4) is 0 Å². The van der Waals surface area contributed by atoms with Crippen molar-refractivity contribution in [2.24, 2.45) is 5.73 Å². The van der Waals surface area contributed by atoms with Gasteiger partial charge in [0.05, 0.1) is 0 Å². The van der Waals surface area contributed by atoms with Crippen molar-refractivity contribution in [3.8, 4) is 22.8 Å². The van der Waals surface area contributed by atoms with E-state index in [1.165, 1.54) is 11.1 Å². The lowest BCUT2D eigenvalue weighted by Gasteiger charge is -2.24. The minimum Gasteiger partial charge on any atom is -0.457 e. The third-order valence-electron chi connectivity index (χ3n) is 7.09. The number of fused-ring (bicyclic) bond motifs is 2. The maximum absolute atomic E-state index is 12.6. The molecular formula is C29H29N5O2. The lowest BCUT2D eigenvalue weighted by molar-refractivity contribution is 0.100. The van der Waals surface area contributed by atoms with Crippen LogP contribution in [0.1, 0.15) is 40.2 Å². The zero-order chi connectivity index (χ0) is 24.5. The number of nitrogens with one attached hydrogen (secondary N) is 2. The van der Waals surface area contributed by atoms with E-state index in [0.29, 0.717) is 35.3 Å². The van der Waals surface area contributed by atoms with Crippen LogP contribution in [0.5, 0.6) is 11.5 Å². The average molecular weight is 480 g/mol. The van der Waals surface area contributed by atoms with Gasteiger partial charge in [0.15, 0.2) is 0 Å². The number of ether oxygens (including phenoxy) is 1. The molecule has 0 unspecified atom stereocenters. The van der Waals surface area contributed by atoms with Crippen LogP contribution in [0.2, 0.25) is 0 Å². The number of benzene rings is 3. The molecule has 182 valence electrons. The molecule has 4 N–H and O–H groups in total. The Morgan fingerprint density at radius 3 is 2.47 bits per heavy atom. The van der Waals surface area contributed by atoms with Gasteiger partial charge in [-0.25, -0.2) is 4.68 Å². The number of aromatic nitrogens is 2. The van der Waals surface area contributed by atoms with Crippen LogP contribution >= 0.6 is 0 Å². The first-order valence-electron chi connectivity index (χ1n) is 12.5. The fourth-order valence-corrected chi connectivity index (χ4v) is 5.20. The predicted octanol–water partition coefficient (Wildman–Crippen LogP) is 5.21. The second-order valence-corrected chi connectivity index (χ2v) is 9.41. The summed E-state index contributed by atoms with van der Waals surface area (Å²) >= 11 is 0. The first-order valence-corrected chi connectivity index (χ1v) is 12.5. The van der Waals surface area contributed by atoms with Gasteiger partial charge in [-0.2, -0.15) is 5.10 Å². The Kier molecular flexibility index (Phi) is 5.91. The Morgan fingerprint density at radius 1 is 0.972 bits per heavy atom. The Hall–Kier alpha value is -4.10. The van der Waals surface area contributed by atoms with E-state index in [1.54, 1.807) is 0 Å². The number of carbonyl (C=O) groups is 1. The minimum absolute atomic E-state index is 0.405. The highest BCUT2D eigenvalue weighted by Crippen LogP contribution is 2.37. The number of rotatable bonds is 5. The van der Waals surface area contributed by atoms with Crippen molar-refractivity contribution in [1.29, 1.82) is 0 Å². The van der Waals surface area contributed by atoms with Crippen LogP contribution < -0.4 is 21.1 Å². The van der Waals surface area contributed by atoms with Crippen LogP contribution in [0.25, 0.3) is 11.3 Å². The molecule has 0 atom stereocenters. The summed E-state index contributed by atoms with van der Waals surface area (Å²) in [6.45, 7) is 2.81. The van der Waals surface area contributed by atoms with Crippen LogP contribution in [0, 0.1) is 0 Å². The van der Waals surface area contributed by atoms with E-state index in [1.807, 2.05) is 59.3 Å². The molecule has 7 nitrogen and oxygen atoms in total. The molecule has 6 rings (SSSR count). The number of piperidine rings is 1. The molecule has 1 saturated heterocycles. The van der Waals surface area contributed by atoms with E-state index in [-0.39, 0.29) is 0 Å². The number of carbonyl (C=O) groups excluding carboxylic acids is 1. The third kappa shape index (κ3) is 4.33. The maximum Gasteiger partial charge on any atom is 0.254 e. The van der Waals surface area contributed by atoms with Gasteiger partial charge in [0, 0.05) is 17.8 Å². The molecule has 2 aliphatic heterocycles. The second-order valence-electron chi connectivity index (χ2n) is 9.41. The zero-order valence-corrected chi connectivity index (χ0v) is 20.0. The van der Waals surface area contributed by atoms with Crippen LogP contribution in [-0.4, -0.2) is 28.8 Å². The molecule has 0 saturated carbocycles. The lowest BCUT2D eigenvalue weighted by atomic mass is 9.88. The summed E-state index contributed by atoms with van der Waals surface area (Å²) < 4.78 is 7.77. The van der Waals surface area contributed by atoms with Gasteiger partial charge in [0.1, 0.15) is 28.6 Å². The van der Waals surface area contributed by atoms with Crippen LogP contribution in [0.4, 0.5) is 11.5 Å². The van der Waals surface area contributed by atoms with Gasteiger partial charge in [-0.3, -0.25) is 4.79 Å². The van der Waals surface area contributed by atoms with Crippen molar-refractivity contribution < 1.29 is 9.53 Å². The molecule has 0 bridgehead atoms. The predicted molar refractivity (Wildman–Crippen MR) is 141 cm³/mol. The molecular weight excluding hydrogens is 450 g/mol. The smallest absolute Gasteiger partial charge is 0.254 e. The topological polar surface area (TPSA) is 94.2 Å². The summed E-state index contributed by atoms with van der Waals surface area (Å²) in [4.78, 5) is 12.6. The van der Waals surface area contributed by atoms with E-state index < -0.39 is 5.91 Å². The van der Waals surface area contributed by atoms with Crippen molar-refractivity contribution in [2.45, 2.75) is 31.7 Å². The Morgan fingerprint density at radius 2 is 1.72 bits per heavy atom. The number of para-hydroxylation sites is 1. The van der Waals surface area contributed by atoms with Crippen molar-refractivity contribution in [1.82, 2.24) is 15.1 Å². The van der Waals surface area contributed by atoms with E-state index >= 15 is 0 Å². The number of nitrogens with zero attached hydrogens (tertiary/aromatic N) is 2. The number of nitrogens with two attached hydrogens (primary N) is 1. The van der Waals surface area contributed by atoms with Crippen molar-refractivity contribution in [3.63, 3.8) is 0 Å². The van der Waals surface area contributed by atoms with Gasteiger partial charge in [-0.05, 0) is 91.9 Å². The van der Waals surface area contributed by atoms with Crippen LogP contribution in [-0.2, 0) is 13.0 Å². The minimum atomic E-state index is -0.502. The summed E-state index contributed by atoms with van der Waals surface area (Å²) in [5.74, 6) is 2.22. The Bertz CT molecular complexity index is 1390. The van der Waals surface area contributed by atoms with Crippen LogP contribution in [0.15, 0.2) is 72.8 Å². The molecule has 0 spiro atoms. The van der Waals surface area contributed by atoms with Crippen molar-refractivity contribution in [2.75, 3.05) is 18.4 Å². The Balaban J connectivity index is 1.29. The standard InChI is InChI=1S/C29H29N5O2/c30-28(35)26-27(20-6-9-24(10-7-20)36-23-4-2-1-3-5-23)33-34-17-14-22-18-21(19-12-15-31-16-13-19)8-11-25(22)32-29(26)34/h1-11,18-19,31-32H,12-17H2,(H2,30,35). The monoisotopic (exact) mass is 479 g/mol. The Labute approximate surface area is 210 Å². The summed E-state index contributed by atoms with van der Waals surface area (Å²) in [5.41, 5.74) is 11.3. The van der Waals surface area contributed by atoms with Gasteiger partial charge in [-0.1, -0.05) is 30.3 Å². The van der Waals surface area contributed by atoms with E-state index in [4.69, 9.17) is 15.6 Å². The summed E-state index contributed by atoms with van der Waals surface area (Å²) in [6, 6.07) is 23.9. The maximum atomic E-state index is 12.6. The SMILES string of the molecule is NC(=O)c1c(-c2ccc(Oc3ccccc3)cc2)nn2c1Nc1ccc(C3CCNCC3)cc1CC2. The summed E-state index contributed by atoms with van der Waals surface area (Å²) in [6.07, 6.45) is 3.16. The molecule has 0 radical (unpaired) electrons. The fourth-order valence-electron chi connectivity index (χ4n) is 5.20. The van der Waals surface area contributed by atoms with Gasteiger partial charge in [-0.15, -0.1) is 0 Å². The van der Waals surface area contributed by atoms with E-state index in [2.05, 4.69) is 28.8 Å². The molecule has 1 fully saturated rings. The number of hydrogen-bond acceptors (Lipinski definition) is 5. The molecule has 3 heterocycles. The van der Waals surface area contributed by atoms with Gasteiger partial charge >= 0.3 is 0 Å². The highest BCUT2D eigenvalue weighted by Gasteiger charge is 2.26. The molecule has 1 aromatic heterocycles. The number of amides is 1. The summed E-state index contributed by atoms with van der Waals surface area (Å²) in [5, 5.41) is 11.7. The normalized spacial score (nSPS) is 15.3. The molecule has 36 heavy (non-hydrogen) atoms. The van der Waals surface area contributed by atoms with E-state index in [9.17, 15) is 4.79 Å². The second kappa shape index (κ2) is 9.51. The fraction of sp³-hybridized carbons (Fsp3) is 0.241. The first kappa shape index (κ1) is 22.4. The van der Waals surface area contributed by atoms with E-state index in [0.717, 1.165) is 49.4 Å². The highest BCUT2D eigenvalue weighted by molar-refractivity contribution is 6.04. The van der Waals surface area contributed by atoms with Gasteiger partial charge < -0.3 is 21.1 Å². The number of hydrogen-bond donors (Lipinski definition) is 3. The highest BCUT2D eigenvalue weighted by atomic mass is 16.5. The quantitative estimate of drug-likeness (QED) is 0.365. The molecule has 2 aliphatic rings. The van der Waals surface area contributed by atoms with Crippen molar-refractivity contribution >= 4 is 17.4 Å². The zero-order valence-electron chi connectivity index (χ0n) is 20.0. The molecule has 7 heteroatoms. The van der Waals surface area contributed by atoms with Crippen molar-refractivity contribution in [3.05, 3.63) is 89.5 Å². The van der Waals surface area contributed by atoms with Gasteiger partial charge in [0.2, 0.25) is 0 Å².